The predicted molar refractivity (Wildman–Crippen MR) is 209 cm³/mol. The maximum atomic E-state index is 6.74. The summed E-state index contributed by atoms with van der Waals surface area (Å²) >= 11 is 0. The normalized spacial score (nSPS) is 12.1. The van der Waals surface area contributed by atoms with Gasteiger partial charge in [-0.25, -0.2) is 4.98 Å². The Balaban J connectivity index is 1.18. The monoisotopic (exact) mass is 651 g/mol. The first-order valence-electron chi connectivity index (χ1n) is 17.3. The van der Waals surface area contributed by atoms with Crippen LogP contribution in [0.5, 0.6) is 11.5 Å². The van der Waals surface area contributed by atoms with Crippen molar-refractivity contribution in [2.75, 3.05) is 0 Å². The smallest absolute Gasteiger partial charge is 0.154 e. The molecule has 0 saturated carbocycles. The predicted octanol–water partition coefficient (Wildman–Crippen LogP) is 12.4. The van der Waals surface area contributed by atoms with E-state index in [0.717, 1.165) is 73.1 Å². The van der Waals surface area contributed by atoms with Crippen LogP contribution in [0.3, 0.4) is 0 Å². The Morgan fingerprint density at radius 2 is 0.980 bits per heavy atom. The van der Waals surface area contributed by atoms with Crippen molar-refractivity contribution in [1.82, 2.24) is 14.1 Å². The van der Waals surface area contributed by atoms with E-state index in [2.05, 4.69) is 167 Å². The molecule has 0 fully saturated rings. The molecule has 0 saturated heterocycles. The molecule has 11 rings (SSSR count). The molecule has 0 radical (unpaired) electrons. The largest absolute Gasteiger partial charge is 0.453 e. The fourth-order valence-corrected chi connectivity index (χ4v) is 8.07. The first-order valence-corrected chi connectivity index (χ1v) is 17.3. The summed E-state index contributed by atoms with van der Waals surface area (Å²) in [5, 5.41) is 4.88. The molecule has 4 heterocycles. The number of nitrogens with zero attached hydrogens (tertiary/aromatic N) is 3. The number of fused-ring (bicyclic) bond motifs is 9. The minimum Gasteiger partial charge on any atom is -0.453 e. The van der Waals surface area contributed by atoms with E-state index in [1.807, 2.05) is 18.2 Å². The highest BCUT2D eigenvalue weighted by molar-refractivity contribution is 6.30. The molecule has 3 aromatic heterocycles. The topological polar surface area (TPSA) is 32.0 Å². The second-order valence-electron chi connectivity index (χ2n) is 13.2. The van der Waals surface area contributed by atoms with Crippen LogP contribution in [0.1, 0.15) is 0 Å². The van der Waals surface area contributed by atoms with Crippen LogP contribution in [0.25, 0.3) is 88.6 Å². The summed E-state index contributed by atoms with van der Waals surface area (Å²) in [4.78, 5) is 5.13. The molecule has 0 atom stereocenters. The van der Waals surface area contributed by atoms with Gasteiger partial charge in [-0.3, -0.25) is 0 Å². The van der Waals surface area contributed by atoms with Gasteiger partial charge in [-0.2, -0.15) is 0 Å². The summed E-state index contributed by atoms with van der Waals surface area (Å²) < 4.78 is 11.5. The summed E-state index contributed by atoms with van der Waals surface area (Å²) in [6.07, 6.45) is 0. The molecule has 238 valence electrons. The van der Waals surface area contributed by atoms with Crippen molar-refractivity contribution < 1.29 is 4.74 Å². The minimum absolute atomic E-state index is 0.859. The van der Waals surface area contributed by atoms with E-state index in [4.69, 9.17) is 9.72 Å². The van der Waals surface area contributed by atoms with Crippen molar-refractivity contribution in [3.8, 4) is 56.5 Å². The van der Waals surface area contributed by atoms with Crippen LogP contribution in [0.4, 0.5) is 0 Å². The van der Waals surface area contributed by atoms with Gasteiger partial charge >= 0.3 is 0 Å². The van der Waals surface area contributed by atoms with Gasteiger partial charge in [0.1, 0.15) is 0 Å². The first-order chi connectivity index (χ1) is 25.3. The maximum Gasteiger partial charge on any atom is 0.154 e. The Kier molecular flexibility index (Phi) is 5.92. The molecule has 0 amide bonds. The van der Waals surface area contributed by atoms with Crippen LogP contribution < -0.4 is 4.74 Å². The number of ether oxygens (including phenoxy) is 1. The van der Waals surface area contributed by atoms with Crippen LogP contribution in [0.15, 0.2) is 176 Å². The average Bonchev–Trinajstić information content (AvgIpc) is 3.72. The zero-order valence-corrected chi connectivity index (χ0v) is 27.5. The Bertz CT molecular complexity index is 2930. The van der Waals surface area contributed by atoms with Gasteiger partial charge in [0, 0.05) is 44.4 Å². The van der Waals surface area contributed by atoms with Crippen LogP contribution in [-0.2, 0) is 0 Å². The van der Waals surface area contributed by atoms with E-state index in [0.29, 0.717) is 0 Å². The molecule has 1 aliphatic rings. The zero-order chi connectivity index (χ0) is 33.5. The number of benzene rings is 7. The summed E-state index contributed by atoms with van der Waals surface area (Å²) in [5.41, 5.74) is 13.0. The van der Waals surface area contributed by atoms with Crippen LogP contribution in [0.2, 0.25) is 0 Å². The molecule has 0 spiro atoms. The second-order valence-corrected chi connectivity index (χ2v) is 13.2. The third kappa shape index (κ3) is 4.17. The molecule has 1 aliphatic heterocycles. The summed E-state index contributed by atoms with van der Waals surface area (Å²) in [6.45, 7) is 0. The van der Waals surface area contributed by atoms with Crippen LogP contribution in [0, 0.1) is 0 Å². The highest BCUT2D eigenvalue weighted by Crippen LogP contribution is 2.50. The molecule has 0 bridgehead atoms. The molecule has 0 unspecified atom stereocenters. The average molecular weight is 652 g/mol. The minimum atomic E-state index is 0.859. The molecule has 0 aliphatic carbocycles. The standard InChI is InChI=1S/C47H29N3O/c1-3-14-30(15-4-1)37-27-33(28-38(48-37)31-16-5-2-6-17-31)32-18-13-19-34(26-32)49-39-22-9-7-20-35(39)45-42(49)29-44-47-46(45)36-21-8-10-23-40(36)50(47)41-24-11-12-25-43(41)51-44/h1-29H. The molecule has 51 heavy (non-hydrogen) atoms. The fraction of sp³-hybridized carbons (Fsp3) is 0. The quantitative estimate of drug-likeness (QED) is 0.190. The van der Waals surface area contributed by atoms with Crippen molar-refractivity contribution in [3.05, 3.63) is 176 Å². The number of hydrogen-bond acceptors (Lipinski definition) is 2. The van der Waals surface area contributed by atoms with Gasteiger partial charge < -0.3 is 13.9 Å². The number of rotatable bonds is 4. The number of hydrogen-bond donors (Lipinski definition) is 0. The highest BCUT2D eigenvalue weighted by Gasteiger charge is 2.28. The van der Waals surface area contributed by atoms with Crippen LogP contribution >= 0.6 is 0 Å². The van der Waals surface area contributed by atoms with E-state index in [1.165, 1.54) is 27.1 Å². The second kappa shape index (κ2) is 10.8. The number of pyridine rings is 1. The fourth-order valence-electron chi connectivity index (χ4n) is 8.07. The highest BCUT2D eigenvalue weighted by atomic mass is 16.5. The van der Waals surface area contributed by atoms with Crippen LogP contribution in [-0.4, -0.2) is 14.1 Å². The zero-order valence-electron chi connectivity index (χ0n) is 27.5. The van der Waals surface area contributed by atoms with E-state index in [1.54, 1.807) is 0 Å². The Hall–Kier alpha value is -6.91. The summed E-state index contributed by atoms with van der Waals surface area (Å²) in [6, 6.07) is 62.2. The van der Waals surface area contributed by atoms with Crippen molar-refractivity contribution in [2.24, 2.45) is 0 Å². The molecular formula is C47H29N3O. The van der Waals surface area contributed by atoms with E-state index in [9.17, 15) is 0 Å². The lowest BCUT2D eigenvalue weighted by molar-refractivity contribution is 0.477. The van der Waals surface area contributed by atoms with Crippen molar-refractivity contribution in [3.63, 3.8) is 0 Å². The van der Waals surface area contributed by atoms with Gasteiger partial charge in [-0.05, 0) is 59.7 Å². The van der Waals surface area contributed by atoms with Gasteiger partial charge in [0.2, 0.25) is 0 Å². The molecule has 4 heteroatoms. The SMILES string of the molecule is c1ccc(-c2cc(-c3cccc(-n4c5ccccc5c5c6c7ccccc7n7c6c(cc54)Oc4ccccc4-7)c3)cc(-c3ccccc3)n2)cc1. The summed E-state index contributed by atoms with van der Waals surface area (Å²) in [5.74, 6) is 1.72. The van der Waals surface area contributed by atoms with E-state index in [-0.39, 0.29) is 0 Å². The lowest BCUT2D eigenvalue weighted by Gasteiger charge is -2.21. The molecular weight excluding hydrogens is 623 g/mol. The van der Waals surface area contributed by atoms with Gasteiger partial charge in [0.05, 0.1) is 39.1 Å². The van der Waals surface area contributed by atoms with Gasteiger partial charge in [0.15, 0.2) is 11.5 Å². The Morgan fingerprint density at radius 3 is 1.71 bits per heavy atom. The van der Waals surface area contributed by atoms with Gasteiger partial charge in [-0.1, -0.05) is 121 Å². The third-order valence-corrected chi connectivity index (χ3v) is 10.3. The van der Waals surface area contributed by atoms with Gasteiger partial charge in [-0.15, -0.1) is 0 Å². The van der Waals surface area contributed by atoms with E-state index >= 15 is 0 Å². The van der Waals surface area contributed by atoms with E-state index < -0.39 is 0 Å². The van der Waals surface area contributed by atoms with Crippen molar-refractivity contribution in [2.45, 2.75) is 0 Å². The lowest BCUT2D eigenvalue weighted by atomic mass is 9.99. The lowest BCUT2D eigenvalue weighted by Crippen LogP contribution is -2.04. The number of para-hydroxylation sites is 4. The maximum absolute atomic E-state index is 6.74. The Morgan fingerprint density at radius 1 is 0.392 bits per heavy atom. The molecule has 7 aromatic carbocycles. The van der Waals surface area contributed by atoms with Gasteiger partial charge in [0.25, 0.3) is 0 Å². The number of aromatic nitrogens is 3. The molecule has 4 nitrogen and oxygen atoms in total. The van der Waals surface area contributed by atoms with Crippen molar-refractivity contribution in [1.29, 1.82) is 0 Å². The molecule has 10 aromatic rings. The summed E-state index contributed by atoms with van der Waals surface area (Å²) in [7, 11) is 0. The Labute approximate surface area is 294 Å². The first kappa shape index (κ1) is 28.0. The molecule has 0 N–H and O–H groups in total. The van der Waals surface area contributed by atoms with Crippen molar-refractivity contribution >= 4 is 43.6 Å². The third-order valence-electron chi connectivity index (χ3n) is 10.3.